The van der Waals surface area contributed by atoms with Gasteiger partial charge in [0.25, 0.3) is 0 Å². The van der Waals surface area contributed by atoms with Crippen molar-refractivity contribution in [2.45, 2.75) is 38.5 Å². The van der Waals surface area contributed by atoms with Crippen LogP contribution in [0, 0.1) is 11.7 Å². The van der Waals surface area contributed by atoms with Gasteiger partial charge in [-0.25, -0.2) is 4.39 Å². The van der Waals surface area contributed by atoms with Gasteiger partial charge in [0, 0.05) is 0 Å². The number of hydrogen-bond acceptors (Lipinski definition) is 2. The third-order valence-electron chi connectivity index (χ3n) is 3.80. The third kappa shape index (κ3) is 3.25. The number of halogens is 1. The predicted octanol–water partition coefficient (Wildman–Crippen LogP) is 3.58. The average molecular weight is 266 g/mol. The molecule has 19 heavy (non-hydrogen) atoms. The topological polar surface area (TPSA) is 46.5 Å². The maximum atomic E-state index is 13.8. The molecule has 1 aliphatic rings. The quantitative estimate of drug-likeness (QED) is 0.856. The van der Waals surface area contributed by atoms with Crippen LogP contribution in [0.3, 0.4) is 0 Å². The van der Waals surface area contributed by atoms with Gasteiger partial charge >= 0.3 is 5.97 Å². The van der Waals surface area contributed by atoms with Crippen molar-refractivity contribution in [3.8, 4) is 5.75 Å². The fourth-order valence-corrected chi connectivity index (χ4v) is 2.61. The maximum absolute atomic E-state index is 13.8. The second-order valence-electron chi connectivity index (χ2n) is 5.02. The van der Waals surface area contributed by atoms with Crippen molar-refractivity contribution in [3.63, 3.8) is 0 Å². The highest BCUT2D eigenvalue weighted by Gasteiger charge is 2.30. The van der Waals surface area contributed by atoms with Crippen LogP contribution in [-0.2, 0) is 4.79 Å². The molecule has 0 aliphatic heterocycles. The Labute approximate surface area is 112 Å². The van der Waals surface area contributed by atoms with Gasteiger partial charge in [-0.1, -0.05) is 12.5 Å². The lowest BCUT2D eigenvalue weighted by atomic mass is 9.71. The molecule has 0 heterocycles. The van der Waals surface area contributed by atoms with Crippen molar-refractivity contribution in [2.75, 3.05) is 6.61 Å². The van der Waals surface area contributed by atoms with Crippen LogP contribution in [0.5, 0.6) is 5.75 Å². The summed E-state index contributed by atoms with van der Waals surface area (Å²) in [4.78, 5) is 11.0. The van der Waals surface area contributed by atoms with E-state index in [2.05, 4.69) is 0 Å². The average Bonchev–Trinajstić information content (AvgIpc) is 2.28. The Balaban J connectivity index is 2.20. The Hall–Kier alpha value is -1.58. The molecule has 104 valence electrons. The van der Waals surface area contributed by atoms with E-state index in [0.717, 1.165) is 24.8 Å². The zero-order valence-corrected chi connectivity index (χ0v) is 11.1. The molecule has 0 bridgehead atoms. The minimum absolute atomic E-state index is 0.0675. The molecule has 0 aromatic heterocycles. The van der Waals surface area contributed by atoms with E-state index in [-0.39, 0.29) is 18.1 Å². The van der Waals surface area contributed by atoms with Crippen molar-refractivity contribution < 1.29 is 19.0 Å². The van der Waals surface area contributed by atoms with Gasteiger partial charge < -0.3 is 9.84 Å². The van der Waals surface area contributed by atoms with Crippen LogP contribution in [0.2, 0.25) is 0 Å². The first-order valence-corrected chi connectivity index (χ1v) is 6.75. The SMILES string of the molecule is CCOc1ccc(C(CC(=O)O)C2CCC2)cc1F. The maximum Gasteiger partial charge on any atom is 0.303 e. The highest BCUT2D eigenvalue weighted by atomic mass is 19.1. The van der Waals surface area contributed by atoms with Gasteiger partial charge in [0.15, 0.2) is 11.6 Å². The van der Waals surface area contributed by atoms with Crippen LogP contribution in [0.1, 0.15) is 44.1 Å². The second-order valence-corrected chi connectivity index (χ2v) is 5.02. The molecule has 1 atom stereocenters. The normalized spacial score (nSPS) is 16.7. The van der Waals surface area contributed by atoms with Gasteiger partial charge in [0.2, 0.25) is 0 Å². The molecule has 1 aromatic carbocycles. The molecular formula is C15H19FO3. The molecule has 1 fully saturated rings. The summed E-state index contributed by atoms with van der Waals surface area (Å²) in [6, 6.07) is 4.82. The number of hydrogen-bond donors (Lipinski definition) is 1. The van der Waals surface area contributed by atoms with Crippen molar-refractivity contribution in [3.05, 3.63) is 29.6 Å². The largest absolute Gasteiger partial charge is 0.491 e. The Morgan fingerprint density at radius 1 is 1.53 bits per heavy atom. The summed E-state index contributed by atoms with van der Waals surface area (Å²) in [5.74, 6) is -0.723. The zero-order chi connectivity index (χ0) is 13.8. The number of carbonyl (C=O) groups is 1. The smallest absolute Gasteiger partial charge is 0.303 e. The fraction of sp³-hybridized carbons (Fsp3) is 0.533. The van der Waals surface area contributed by atoms with Gasteiger partial charge in [-0.2, -0.15) is 0 Å². The monoisotopic (exact) mass is 266 g/mol. The van der Waals surface area contributed by atoms with Gasteiger partial charge in [0.1, 0.15) is 0 Å². The number of rotatable bonds is 6. The van der Waals surface area contributed by atoms with E-state index in [9.17, 15) is 9.18 Å². The molecule has 0 spiro atoms. The lowest BCUT2D eigenvalue weighted by Crippen LogP contribution is -2.23. The standard InChI is InChI=1S/C15H19FO3/c1-2-19-14-7-6-11(8-13(14)16)12(9-15(17)18)10-4-3-5-10/h6-8,10,12H,2-5,9H2,1H3,(H,17,18). The van der Waals surface area contributed by atoms with E-state index in [1.165, 1.54) is 6.07 Å². The predicted molar refractivity (Wildman–Crippen MR) is 69.9 cm³/mol. The summed E-state index contributed by atoms with van der Waals surface area (Å²) in [6.07, 6.45) is 3.28. The molecule has 1 N–H and O–H groups in total. The Morgan fingerprint density at radius 3 is 2.74 bits per heavy atom. The number of aliphatic carboxylic acids is 1. The fourth-order valence-electron chi connectivity index (χ4n) is 2.61. The van der Waals surface area contributed by atoms with E-state index in [0.29, 0.717) is 12.5 Å². The summed E-state index contributed by atoms with van der Waals surface area (Å²) >= 11 is 0. The van der Waals surface area contributed by atoms with Crippen LogP contribution >= 0.6 is 0 Å². The molecule has 1 unspecified atom stereocenters. The molecule has 3 nitrogen and oxygen atoms in total. The van der Waals surface area contributed by atoms with Crippen LogP contribution < -0.4 is 4.74 Å². The molecular weight excluding hydrogens is 247 g/mol. The minimum Gasteiger partial charge on any atom is -0.491 e. The van der Waals surface area contributed by atoms with Gasteiger partial charge in [0.05, 0.1) is 13.0 Å². The summed E-state index contributed by atoms with van der Waals surface area (Å²) in [5, 5.41) is 9.00. The molecule has 0 radical (unpaired) electrons. The zero-order valence-electron chi connectivity index (χ0n) is 11.1. The highest BCUT2D eigenvalue weighted by molar-refractivity contribution is 5.68. The first-order chi connectivity index (χ1) is 9.11. The second kappa shape index (κ2) is 6.04. The van der Waals surface area contributed by atoms with E-state index in [1.807, 2.05) is 0 Å². The summed E-state index contributed by atoms with van der Waals surface area (Å²) < 4.78 is 19.0. The van der Waals surface area contributed by atoms with E-state index < -0.39 is 11.8 Å². The van der Waals surface area contributed by atoms with Crippen molar-refractivity contribution in [1.82, 2.24) is 0 Å². The molecule has 1 saturated carbocycles. The Kier molecular flexibility index (Phi) is 4.40. The lowest BCUT2D eigenvalue weighted by molar-refractivity contribution is -0.138. The van der Waals surface area contributed by atoms with Crippen molar-refractivity contribution in [2.24, 2.45) is 5.92 Å². The van der Waals surface area contributed by atoms with Gasteiger partial charge in [-0.05, 0) is 49.3 Å². The molecule has 2 rings (SSSR count). The van der Waals surface area contributed by atoms with E-state index in [1.54, 1.807) is 19.1 Å². The molecule has 4 heteroatoms. The summed E-state index contributed by atoms with van der Waals surface area (Å²) in [6.45, 7) is 2.21. The number of ether oxygens (including phenoxy) is 1. The first kappa shape index (κ1) is 13.8. The van der Waals surface area contributed by atoms with Crippen molar-refractivity contribution >= 4 is 5.97 Å². The lowest BCUT2D eigenvalue weighted by Gasteiger charge is -2.33. The van der Waals surface area contributed by atoms with Gasteiger partial charge in [-0.3, -0.25) is 4.79 Å². The first-order valence-electron chi connectivity index (χ1n) is 6.75. The highest BCUT2D eigenvalue weighted by Crippen LogP contribution is 2.41. The molecule has 0 saturated heterocycles. The number of carboxylic acid groups (broad SMARTS) is 1. The van der Waals surface area contributed by atoms with Crippen molar-refractivity contribution in [1.29, 1.82) is 0 Å². The molecule has 1 aromatic rings. The van der Waals surface area contributed by atoms with Gasteiger partial charge in [-0.15, -0.1) is 0 Å². The van der Waals surface area contributed by atoms with Crippen LogP contribution in [-0.4, -0.2) is 17.7 Å². The van der Waals surface area contributed by atoms with Crippen LogP contribution in [0.15, 0.2) is 18.2 Å². The number of carboxylic acids is 1. The van der Waals surface area contributed by atoms with Crippen LogP contribution in [0.25, 0.3) is 0 Å². The molecule has 0 amide bonds. The van der Waals surface area contributed by atoms with E-state index >= 15 is 0 Å². The Morgan fingerprint density at radius 2 is 2.26 bits per heavy atom. The third-order valence-corrected chi connectivity index (χ3v) is 3.80. The van der Waals surface area contributed by atoms with Crippen LogP contribution in [0.4, 0.5) is 4.39 Å². The number of benzene rings is 1. The minimum atomic E-state index is -0.828. The summed E-state index contributed by atoms with van der Waals surface area (Å²) in [7, 11) is 0. The Bertz CT molecular complexity index is 455. The van der Waals surface area contributed by atoms with E-state index in [4.69, 9.17) is 9.84 Å². The summed E-state index contributed by atoms with van der Waals surface area (Å²) in [5.41, 5.74) is 0.771. The molecule has 1 aliphatic carbocycles.